The van der Waals surface area contributed by atoms with Gasteiger partial charge in [0.2, 0.25) is 0 Å². The van der Waals surface area contributed by atoms with Crippen molar-refractivity contribution in [2.75, 3.05) is 13.1 Å². The van der Waals surface area contributed by atoms with Gasteiger partial charge in [0.1, 0.15) is 0 Å². The molecule has 1 saturated heterocycles. The van der Waals surface area contributed by atoms with E-state index in [2.05, 4.69) is 4.84 Å². The molecule has 1 fully saturated rings. The van der Waals surface area contributed by atoms with Crippen molar-refractivity contribution < 1.29 is 36.0 Å². The van der Waals surface area contributed by atoms with Crippen molar-refractivity contribution in [2.45, 2.75) is 24.7 Å². The van der Waals surface area contributed by atoms with Gasteiger partial charge in [0, 0.05) is 19.0 Å². The highest BCUT2D eigenvalue weighted by atomic mass is 19.4. The summed E-state index contributed by atoms with van der Waals surface area (Å²) in [6.07, 6.45) is -10.4. The Balaban J connectivity index is 1.85. The zero-order valence-corrected chi connectivity index (χ0v) is 11.0. The van der Waals surface area contributed by atoms with Gasteiger partial charge in [0.25, 0.3) is 0 Å². The summed E-state index contributed by atoms with van der Waals surface area (Å²) in [5, 5.41) is 0.865. The molecule has 0 N–H and O–H groups in total. The topological polar surface area (TPSA) is 29.5 Å². The largest absolute Gasteiger partial charge is 0.492 e. The van der Waals surface area contributed by atoms with Crippen molar-refractivity contribution in [3.05, 3.63) is 35.4 Å². The molecule has 1 aliphatic heterocycles. The SMILES string of the molecule is O=C(ON1CC(c2ccc(CC(F)(F)F)cc2)C1)C(F)(F)F. The van der Waals surface area contributed by atoms with Crippen molar-refractivity contribution >= 4 is 5.97 Å². The Hall–Kier alpha value is -1.77. The van der Waals surface area contributed by atoms with Crippen molar-refractivity contribution in [2.24, 2.45) is 0 Å². The van der Waals surface area contributed by atoms with E-state index in [9.17, 15) is 31.1 Å². The third-order valence-electron chi connectivity index (χ3n) is 3.15. The summed E-state index contributed by atoms with van der Waals surface area (Å²) in [5.74, 6) is -2.47. The lowest BCUT2D eigenvalue weighted by Gasteiger charge is -2.37. The van der Waals surface area contributed by atoms with E-state index in [1.54, 1.807) is 0 Å². The average Bonchev–Trinajstić information content (AvgIpc) is 2.31. The van der Waals surface area contributed by atoms with E-state index in [0.717, 1.165) is 5.06 Å². The number of halogens is 6. The lowest BCUT2D eigenvalue weighted by molar-refractivity contribution is -0.253. The van der Waals surface area contributed by atoms with Gasteiger partial charge in [-0.1, -0.05) is 24.3 Å². The van der Waals surface area contributed by atoms with Gasteiger partial charge in [-0.05, 0) is 11.1 Å². The summed E-state index contributed by atoms with van der Waals surface area (Å²) in [4.78, 5) is 14.7. The van der Waals surface area contributed by atoms with Crippen LogP contribution < -0.4 is 0 Å². The van der Waals surface area contributed by atoms with Crippen LogP contribution in [0.25, 0.3) is 0 Å². The first-order valence-electron chi connectivity index (χ1n) is 6.24. The maximum Gasteiger partial charge on any atom is 0.492 e. The van der Waals surface area contributed by atoms with Crippen LogP contribution >= 0.6 is 0 Å². The first-order valence-corrected chi connectivity index (χ1v) is 6.24. The maximum absolute atomic E-state index is 12.2. The molecule has 0 spiro atoms. The van der Waals surface area contributed by atoms with Gasteiger partial charge in [-0.2, -0.15) is 26.3 Å². The molecule has 122 valence electrons. The minimum atomic E-state index is -5.05. The van der Waals surface area contributed by atoms with Crippen LogP contribution in [0.2, 0.25) is 0 Å². The number of nitrogens with zero attached hydrogens (tertiary/aromatic N) is 1. The molecule has 2 rings (SSSR count). The summed E-state index contributed by atoms with van der Waals surface area (Å²) >= 11 is 0. The molecule has 0 aliphatic carbocycles. The minimum Gasteiger partial charge on any atom is -0.361 e. The van der Waals surface area contributed by atoms with Crippen LogP contribution in [0.5, 0.6) is 0 Å². The first kappa shape index (κ1) is 16.6. The lowest BCUT2D eigenvalue weighted by atomic mass is 9.92. The fourth-order valence-electron chi connectivity index (χ4n) is 2.03. The van der Waals surface area contributed by atoms with Gasteiger partial charge in [-0.3, -0.25) is 0 Å². The zero-order valence-electron chi connectivity index (χ0n) is 11.0. The molecule has 0 amide bonds. The van der Waals surface area contributed by atoms with Crippen LogP contribution in [-0.2, 0) is 16.1 Å². The molecule has 22 heavy (non-hydrogen) atoms. The van der Waals surface area contributed by atoms with E-state index in [1.165, 1.54) is 24.3 Å². The number of carbonyl (C=O) groups excluding carboxylic acids is 1. The Morgan fingerprint density at radius 3 is 2.09 bits per heavy atom. The van der Waals surface area contributed by atoms with E-state index in [1.807, 2.05) is 0 Å². The average molecular weight is 327 g/mol. The molecular weight excluding hydrogens is 316 g/mol. The number of hydroxylamine groups is 2. The highest BCUT2D eigenvalue weighted by Gasteiger charge is 2.44. The Morgan fingerprint density at radius 1 is 1.09 bits per heavy atom. The van der Waals surface area contributed by atoms with Crippen molar-refractivity contribution in [3.63, 3.8) is 0 Å². The van der Waals surface area contributed by atoms with Gasteiger partial charge < -0.3 is 4.84 Å². The second-order valence-electron chi connectivity index (χ2n) is 4.95. The summed E-state index contributed by atoms with van der Waals surface area (Å²) in [5.41, 5.74) is 0.793. The van der Waals surface area contributed by atoms with Crippen LogP contribution in [-0.4, -0.2) is 36.5 Å². The molecular formula is C13H11F6NO2. The van der Waals surface area contributed by atoms with E-state index < -0.39 is 24.7 Å². The molecule has 9 heteroatoms. The number of benzene rings is 1. The smallest absolute Gasteiger partial charge is 0.361 e. The Bertz CT molecular complexity index is 531. The van der Waals surface area contributed by atoms with Gasteiger partial charge >= 0.3 is 18.3 Å². The molecule has 0 radical (unpaired) electrons. The zero-order chi connectivity index (χ0) is 16.5. The van der Waals surface area contributed by atoms with E-state index >= 15 is 0 Å². The molecule has 0 aromatic heterocycles. The highest BCUT2D eigenvalue weighted by molar-refractivity contribution is 5.75. The Morgan fingerprint density at radius 2 is 1.64 bits per heavy atom. The van der Waals surface area contributed by atoms with Gasteiger partial charge in [-0.25, -0.2) is 4.79 Å². The molecule has 1 aliphatic rings. The summed E-state index contributed by atoms with van der Waals surface area (Å²) in [6, 6.07) is 5.64. The fourth-order valence-corrected chi connectivity index (χ4v) is 2.03. The number of hydrogen-bond acceptors (Lipinski definition) is 3. The van der Waals surface area contributed by atoms with Crippen LogP contribution in [0.15, 0.2) is 24.3 Å². The van der Waals surface area contributed by atoms with Crippen molar-refractivity contribution in [1.82, 2.24) is 5.06 Å². The first-order chi connectivity index (χ1) is 10.0. The number of rotatable bonds is 3. The molecule has 0 unspecified atom stereocenters. The van der Waals surface area contributed by atoms with Crippen LogP contribution in [0.3, 0.4) is 0 Å². The monoisotopic (exact) mass is 327 g/mol. The maximum atomic E-state index is 12.2. The summed E-state index contributed by atoms with van der Waals surface area (Å²) in [6.45, 7) is 0.140. The minimum absolute atomic E-state index is 0.0699. The second kappa shape index (κ2) is 5.79. The van der Waals surface area contributed by atoms with Crippen molar-refractivity contribution in [3.8, 4) is 0 Å². The second-order valence-corrected chi connectivity index (χ2v) is 4.95. The number of carbonyl (C=O) groups is 1. The molecule has 1 aromatic rings. The van der Waals surface area contributed by atoms with Gasteiger partial charge in [0.15, 0.2) is 0 Å². The third kappa shape index (κ3) is 4.36. The molecule has 1 heterocycles. The van der Waals surface area contributed by atoms with Crippen LogP contribution in [0.1, 0.15) is 17.0 Å². The van der Waals surface area contributed by atoms with Crippen LogP contribution in [0, 0.1) is 0 Å². The quantitative estimate of drug-likeness (QED) is 0.799. The lowest BCUT2D eigenvalue weighted by Crippen LogP contribution is -2.47. The molecule has 1 aromatic carbocycles. The predicted molar refractivity (Wildman–Crippen MR) is 62.7 cm³/mol. The molecule has 3 nitrogen and oxygen atoms in total. The summed E-state index contributed by atoms with van der Waals surface area (Å²) in [7, 11) is 0. The van der Waals surface area contributed by atoms with Gasteiger partial charge in [0.05, 0.1) is 6.42 Å². The van der Waals surface area contributed by atoms with Gasteiger partial charge in [-0.15, -0.1) is 5.06 Å². The van der Waals surface area contributed by atoms with E-state index in [0.29, 0.717) is 5.56 Å². The van der Waals surface area contributed by atoms with E-state index in [4.69, 9.17) is 0 Å². The van der Waals surface area contributed by atoms with Crippen LogP contribution in [0.4, 0.5) is 26.3 Å². The molecule has 0 bridgehead atoms. The normalized spacial score (nSPS) is 17.2. The van der Waals surface area contributed by atoms with Crippen molar-refractivity contribution in [1.29, 1.82) is 0 Å². The number of alkyl halides is 6. The highest BCUT2D eigenvalue weighted by Crippen LogP contribution is 2.30. The molecule has 0 atom stereocenters. The Labute approximate surface area is 121 Å². The number of hydrogen-bond donors (Lipinski definition) is 0. The molecule has 0 saturated carbocycles. The Kier molecular flexibility index (Phi) is 4.37. The standard InChI is InChI=1S/C13H11F6NO2/c14-12(15,16)5-8-1-3-9(4-2-8)10-6-20(7-10)22-11(21)13(17,18)19/h1-4,10H,5-7H2. The fraction of sp³-hybridized carbons (Fsp3) is 0.462. The third-order valence-corrected chi connectivity index (χ3v) is 3.15. The van der Waals surface area contributed by atoms with E-state index in [-0.39, 0.29) is 24.6 Å². The predicted octanol–water partition coefficient (Wildman–Crippen LogP) is 3.21. The summed E-state index contributed by atoms with van der Waals surface area (Å²) < 4.78 is 72.5.